The molecule has 0 bridgehead atoms. The van der Waals surface area contributed by atoms with Gasteiger partial charge in [-0.1, -0.05) is 30.3 Å². The van der Waals surface area contributed by atoms with Crippen LogP contribution >= 0.6 is 36.2 Å². The van der Waals surface area contributed by atoms with E-state index < -0.39 is 0 Å². The number of amides is 1. The van der Waals surface area contributed by atoms with Gasteiger partial charge in [-0.2, -0.15) is 0 Å². The Morgan fingerprint density at radius 1 is 1.26 bits per heavy atom. The van der Waals surface area contributed by atoms with E-state index in [2.05, 4.69) is 27.8 Å². The van der Waals surface area contributed by atoms with Gasteiger partial charge in [0.05, 0.1) is 11.6 Å². The van der Waals surface area contributed by atoms with E-state index in [1.165, 1.54) is 16.9 Å². The Labute approximate surface area is 177 Å². The standard InChI is InChI=1S/C19H25N3O2S.2ClH/c1-24-14-19(7-9-20-10-8-19)13-21-18(23)16-12-25-17(22-16)11-15-5-3-2-4-6-15;;/h2-6,12,20H,7-11,13-14H2,1H3,(H,21,23);2*1H. The van der Waals surface area contributed by atoms with E-state index in [1.807, 2.05) is 23.6 Å². The first kappa shape index (κ1) is 23.9. The van der Waals surface area contributed by atoms with E-state index in [-0.39, 0.29) is 36.1 Å². The van der Waals surface area contributed by atoms with Gasteiger partial charge in [-0.15, -0.1) is 36.2 Å². The van der Waals surface area contributed by atoms with Gasteiger partial charge in [0, 0.05) is 30.9 Å². The van der Waals surface area contributed by atoms with Gasteiger partial charge in [-0.05, 0) is 31.5 Å². The maximum Gasteiger partial charge on any atom is 0.270 e. The summed E-state index contributed by atoms with van der Waals surface area (Å²) >= 11 is 1.54. The van der Waals surface area contributed by atoms with Crippen LogP contribution in [0.4, 0.5) is 0 Å². The summed E-state index contributed by atoms with van der Waals surface area (Å²) < 4.78 is 5.40. The van der Waals surface area contributed by atoms with Crippen molar-refractivity contribution in [3.8, 4) is 0 Å². The Kier molecular flexibility index (Phi) is 10.3. The van der Waals surface area contributed by atoms with Gasteiger partial charge < -0.3 is 15.4 Å². The van der Waals surface area contributed by atoms with Crippen LogP contribution in [0.5, 0.6) is 0 Å². The van der Waals surface area contributed by atoms with E-state index in [1.54, 1.807) is 7.11 Å². The molecule has 27 heavy (non-hydrogen) atoms. The average molecular weight is 432 g/mol. The molecule has 0 aliphatic carbocycles. The fraction of sp³-hybridized carbons (Fsp3) is 0.474. The number of benzene rings is 1. The summed E-state index contributed by atoms with van der Waals surface area (Å²) in [5.41, 5.74) is 1.74. The summed E-state index contributed by atoms with van der Waals surface area (Å²) in [7, 11) is 1.72. The van der Waals surface area contributed by atoms with Crippen molar-refractivity contribution < 1.29 is 9.53 Å². The summed E-state index contributed by atoms with van der Waals surface area (Å²) in [6, 6.07) is 10.2. The van der Waals surface area contributed by atoms with Crippen LogP contribution in [0, 0.1) is 5.41 Å². The van der Waals surface area contributed by atoms with Crippen molar-refractivity contribution in [3.63, 3.8) is 0 Å². The van der Waals surface area contributed by atoms with Crippen LogP contribution in [0.1, 0.15) is 33.9 Å². The highest BCUT2D eigenvalue weighted by Crippen LogP contribution is 2.28. The SMILES string of the molecule is COCC1(CNC(=O)c2csc(Cc3ccccc3)n2)CCNCC1.Cl.Cl. The normalized spacial score (nSPS) is 15.3. The number of methoxy groups -OCH3 is 1. The third kappa shape index (κ3) is 6.73. The summed E-state index contributed by atoms with van der Waals surface area (Å²) in [5, 5.41) is 9.24. The van der Waals surface area contributed by atoms with E-state index in [4.69, 9.17) is 4.74 Å². The number of nitrogens with one attached hydrogen (secondary N) is 2. The van der Waals surface area contributed by atoms with Gasteiger partial charge in [0.25, 0.3) is 5.91 Å². The lowest BCUT2D eigenvalue weighted by Gasteiger charge is -2.37. The van der Waals surface area contributed by atoms with Crippen molar-refractivity contribution in [2.24, 2.45) is 5.41 Å². The fourth-order valence-electron chi connectivity index (χ4n) is 3.26. The summed E-state index contributed by atoms with van der Waals surface area (Å²) in [5.74, 6) is -0.0930. The molecule has 1 aliphatic heterocycles. The van der Waals surface area contributed by atoms with Gasteiger partial charge in [0.15, 0.2) is 0 Å². The molecule has 3 rings (SSSR count). The second-order valence-corrected chi connectivity index (χ2v) is 7.60. The average Bonchev–Trinajstić information content (AvgIpc) is 3.10. The molecule has 2 N–H and O–H groups in total. The van der Waals surface area contributed by atoms with Crippen molar-refractivity contribution in [3.05, 3.63) is 52.0 Å². The molecule has 0 saturated carbocycles. The Bertz CT molecular complexity index is 686. The number of thiazole rings is 1. The number of rotatable bonds is 7. The van der Waals surface area contributed by atoms with Crippen LogP contribution in [0.25, 0.3) is 0 Å². The maximum absolute atomic E-state index is 12.5. The Balaban J connectivity index is 0.00000182. The van der Waals surface area contributed by atoms with Crippen molar-refractivity contribution in [1.82, 2.24) is 15.6 Å². The number of hydrogen-bond acceptors (Lipinski definition) is 5. The molecule has 1 aromatic heterocycles. The van der Waals surface area contributed by atoms with E-state index >= 15 is 0 Å². The largest absolute Gasteiger partial charge is 0.384 e. The third-order valence-electron chi connectivity index (χ3n) is 4.72. The smallest absolute Gasteiger partial charge is 0.270 e. The Morgan fingerprint density at radius 3 is 2.63 bits per heavy atom. The first-order valence-corrected chi connectivity index (χ1v) is 9.55. The monoisotopic (exact) mass is 431 g/mol. The van der Waals surface area contributed by atoms with Crippen molar-refractivity contribution in [2.45, 2.75) is 19.3 Å². The minimum Gasteiger partial charge on any atom is -0.384 e. The molecule has 1 aromatic carbocycles. The van der Waals surface area contributed by atoms with Gasteiger partial charge in [-0.3, -0.25) is 4.79 Å². The molecule has 0 atom stereocenters. The van der Waals surface area contributed by atoms with Crippen LogP contribution in [-0.2, 0) is 11.2 Å². The third-order valence-corrected chi connectivity index (χ3v) is 5.57. The number of halogens is 2. The number of hydrogen-bond donors (Lipinski definition) is 2. The van der Waals surface area contributed by atoms with Gasteiger partial charge >= 0.3 is 0 Å². The van der Waals surface area contributed by atoms with Crippen molar-refractivity contribution in [1.29, 1.82) is 0 Å². The second kappa shape index (κ2) is 11.6. The molecular formula is C19H27Cl2N3O2S. The quantitative estimate of drug-likeness (QED) is 0.705. The molecule has 0 unspecified atom stereocenters. The predicted molar refractivity (Wildman–Crippen MR) is 115 cm³/mol. The number of piperidine rings is 1. The molecule has 1 amide bonds. The zero-order valence-electron chi connectivity index (χ0n) is 15.4. The number of nitrogens with zero attached hydrogens (tertiary/aromatic N) is 1. The van der Waals surface area contributed by atoms with Crippen molar-refractivity contribution >= 4 is 42.1 Å². The summed E-state index contributed by atoms with van der Waals surface area (Å²) in [4.78, 5) is 17.0. The minimum absolute atomic E-state index is 0. The van der Waals surface area contributed by atoms with E-state index in [0.717, 1.165) is 37.4 Å². The van der Waals surface area contributed by atoms with Crippen LogP contribution in [-0.4, -0.2) is 44.2 Å². The van der Waals surface area contributed by atoms with Crippen LogP contribution in [0.2, 0.25) is 0 Å². The van der Waals surface area contributed by atoms with Crippen LogP contribution in [0.3, 0.4) is 0 Å². The lowest BCUT2D eigenvalue weighted by atomic mass is 9.79. The van der Waals surface area contributed by atoms with E-state index in [0.29, 0.717) is 18.8 Å². The maximum atomic E-state index is 12.5. The molecule has 150 valence electrons. The molecule has 1 saturated heterocycles. The Morgan fingerprint density at radius 2 is 1.96 bits per heavy atom. The second-order valence-electron chi connectivity index (χ2n) is 6.65. The lowest BCUT2D eigenvalue weighted by molar-refractivity contribution is 0.0511. The number of aromatic nitrogens is 1. The summed E-state index contributed by atoms with van der Waals surface area (Å²) in [6.45, 7) is 3.24. The van der Waals surface area contributed by atoms with Crippen LogP contribution in [0.15, 0.2) is 35.7 Å². The van der Waals surface area contributed by atoms with Crippen molar-refractivity contribution in [2.75, 3.05) is 33.4 Å². The highest BCUT2D eigenvalue weighted by molar-refractivity contribution is 7.09. The predicted octanol–water partition coefficient (Wildman–Crippen LogP) is 3.32. The van der Waals surface area contributed by atoms with Crippen LogP contribution < -0.4 is 10.6 Å². The van der Waals surface area contributed by atoms with Gasteiger partial charge in [-0.25, -0.2) is 4.98 Å². The first-order chi connectivity index (χ1) is 12.2. The zero-order valence-corrected chi connectivity index (χ0v) is 17.9. The molecule has 1 aliphatic rings. The lowest BCUT2D eigenvalue weighted by Crippen LogP contribution is -2.47. The molecule has 0 spiro atoms. The topological polar surface area (TPSA) is 63.2 Å². The number of carbonyl (C=O) groups excluding carboxylic acids is 1. The molecule has 5 nitrogen and oxygen atoms in total. The van der Waals surface area contributed by atoms with Gasteiger partial charge in [0.2, 0.25) is 0 Å². The number of carbonyl (C=O) groups is 1. The molecule has 0 radical (unpaired) electrons. The zero-order chi connectivity index (χ0) is 17.5. The molecule has 2 aromatic rings. The minimum atomic E-state index is -0.0930. The first-order valence-electron chi connectivity index (χ1n) is 8.67. The Hall–Kier alpha value is -1.18. The number of ether oxygens (including phenoxy) is 1. The fourth-order valence-corrected chi connectivity index (χ4v) is 4.07. The highest BCUT2D eigenvalue weighted by Gasteiger charge is 2.32. The summed E-state index contributed by atoms with van der Waals surface area (Å²) in [6.07, 6.45) is 2.78. The molecular weight excluding hydrogens is 405 g/mol. The molecule has 2 heterocycles. The molecule has 8 heteroatoms. The highest BCUT2D eigenvalue weighted by atomic mass is 35.5. The molecule has 1 fully saturated rings. The van der Waals surface area contributed by atoms with E-state index in [9.17, 15) is 4.79 Å². The van der Waals surface area contributed by atoms with Gasteiger partial charge in [0.1, 0.15) is 5.69 Å².